The van der Waals surface area contributed by atoms with E-state index in [0.29, 0.717) is 12.5 Å². The Morgan fingerprint density at radius 2 is 2.33 bits per heavy atom. The summed E-state index contributed by atoms with van der Waals surface area (Å²) >= 11 is 0. The molecule has 1 atom stereocenters. The minimum absolute atomic E-state index is 0. The summed E-state index contributed by atoms with van der Waals surface area (Å²) in [5.41, 5.74) is 2.70. The molecule has 1 unspecified atom stereocenters. The van der Waals surface area contributed by atoms with E-state index >= 15 is 0 Å². The Bertz CT molecular complexity index is 182. The molecule has 4 nitrogen and oxygen atoms in total. The van der Waals surface area contributed by atoms with Crippen LogP contribution in [-0.4, -0.2) is 25.6 Å². The van der Waals surface area contributed by atoms with Crippen molar-refractivity contribution in [2.45, 2.75) is 26.7 Å². The molecule has 2 N–H and O–H groups in total. The molecule has 0 radical (unpaired) electrons. The van der Waals surface area contributed by atoms with Crippen molar-refractivity contribution in [2.75, 3.05) is 19.6 Å². The largest absolute Gasteiger partial charge is 0.370 e. The first-order valence-electron chi connectivity index (χ1n) is 5.34. The van der Waals surface area contributed by atoms with Gasteiger partial charge in [-0.3, -0.25) is 4.79 Å². The van der Waals surface area contributed by atoms with Crippen LogP contribution >= 0.6 is 12.4 Å². The molecule has 90 valence electrons. The lowest BCUT2D eigenvalue weighted by Gasteiger charge is -2.21. The van der Waals surface area contributed by atoms with Gasteiger partial charge in [0.1, 0.15) is 0 Å². The monoisotopic (exact) mass is 236 g/mol. The average Bonchev–Trinajstić information content (AvgIpc) is 2.18. The molecule has 1 aliphatic rings. The highest BCUT2D eigenvalue weighted by Gasteiger charge is 2.22. The number of hydroxylamine groups is 1. The minimum Gasteiger partial charge on any atom is -0.370 e. The van der Waals surface area contributed by atoms with Crippen molar-refractivity contribution in [1.29, 1.82) is 0 Å². The van der Waals surface area contributed by atoms with Crippen LogP contribution < -0.4 is 10.8 Å². The number of nitrogens with one attached hydrogen (secondary N) is 2. The van der Waals surface area contributed by atoms with E-state index in [1.807, 2.05) is 0 Å². The maximum absolute atomic E-state index is 11.5. The summed E-state index contributed by atoms with van der Waals surface area (Å²) in [5, 5.41) is 3.19. The Morgan fingerprint density at radius 1 is 1.60 bits per heavy atom. The standard InChI is InChI=1S/C10H20N2O2.ClH/c1-8(2)6-12-14-10(13)9-4-3-5-11-7-9;/h8-9,11-12H,3-7H2,1-2H3;1H. The molecule has 15 heavy (non-hydrogen) atoms. The maximum Gasteiger partial charge on any atom is 0.329 e. The third-order valence-electron chi connectivity index (χ3n) is 2.29. The molecule has 0 aliphatic carbocycles. The molecule has 0 saturated carbocycles. The van der Waals surface area contributed by atoms with Gasteiger partial charge >= 0.3 is 5.97 Å². The molecule has 1 heterocycles. The number of carbonyl (C=O) groups excluding carboxylic acids is 1. The van der Waals surface area contributed by atoms with Crippen molar-refractivity contribution in [3.05, 3.63) is 0 Å². The van der Waals surface area contributed by atoms with Gasteiger partial charge in [-0.15, -0.1) is 12.4 Å². The number of piperidine rings is 1. The third kappa shape index (κ3) is 5.97. The fourth-order valence-electron chi connectivity index (χ4n) is 1.42. The Morgan fingerprint density at radius 3 is 2.87 bits per heavy atom. The zero-order chi connectivity index (χ0) is 10.4. The number of rotatable bonds is 4. The number of hydrogen-bond acceptors (Lipinski definition) is 4. The van der Waals surface area contributed by atoms with Gasteiger partial charge in [0.15, 0.2) is 0 Å². The molecule has 1 fully saturated rings. The topological polar surface area (TPSA) is 50.4 Å². The lowest BCUT2D eigenvalue weighted by molar-refractivity contribution is -0.157. The Hall–Kier alpha value is -0.320. The molecule has 1 rings (SSSR count). The van der Waals surface area contributed by atoms with Crippen molar-refractivity contribution < 1.29 is 9.63 Å². The molecule has 5 heteroatoms. The average molecular weight is 237 g/mol. The fraction of sp³-hybridized carbons (Fsp3) is 0.900. The van der Waals surface area contributed by atoms with Gasteiger partial charge in [-0.1, -0.05) is 13.8 Å². The van der Waals surface area contributed by atoms with Crippen LogP contribution in [0.25, 0.3) is 0 Å². The second-order valence-electron chi connectivity index (χ2n) is 4.21. The molecule has 1 aliphatic heterocycles. The van der Waals surface area contributed by atoms with Crippen LogP contribution in [0.1, 0.15) is 26.7 Å². The molecule has 0 amide bonds. The smallest absolute Gasteiger partial charge is 0.329 e. The zero-order valence-electron chi connectivity index (χ0n) is 9.41. The van der Waals surface area contributed by atoms with Crippen LogP contribution in [0, 0.1) is 11.8 Å². The van der Waals surface area contributed by atoms with Crippen LogP contribution in [0.3, 0.4) is 0 Å². The van der Waals surface area contributed by atoms with Crippen LogP contribution in [-0.2, 0) is 9.63 Å². The molecular weight excluding hydrogens is 216 g/mol. The molecule has 0 aromatic rings. The predicted octanol–water partition coefficient (Wildman–Crippen LogP) is 1.11. The Labute approximate surface area is 97.5 Å². The van der Waals surface area contributed by atoms with Gasteiger partial charge in [0.05, 0.1) is 5.92 Å². The first-order chi connectivity index (χ1) is 6.70. The van der Waals surface area contributed by atoms with Crippen LogP contribution in [0.4, 0.5) is 0 Å². The Balaban J connectivity index is 0.00000196. The van der Waals surface area contributed by atoms with E-state index in [2.05, 4.69) is 24.6 Å². The lowest BCUT2D eigenvalue weighted by atomic mass is 10.0. The first-order valence-corrected chi connectivity index (χ1v) is 5.34. The summed E-state index contributed by atoms with van der Waals surface area (Å²) in [7, 11) is 0. The number of halogens is 1. The summed E-state index contributed by atoms with van der Waals surface area (Å²) in [4.78, 5) is 16.4. The van der Waals surface area contributed by atoms with Crippen molar-refractivity contribution in [1.82, 2.24) is 10.8 Å². The molecule has 1 saturated heterocycles. The normalized spacial score (nSPS) is 20.9. The predicted molar refractivity (Wildman–Crippen MR) is 61.8 cm³/mol. The molecule has 0 spiro atoms. The summed E-state index contributed by atoms with van der Waals surface area (Å²) in [6.07, 6.45) is 2.00. The van der Waals surface area contributed by atoms with E-state index in [1.54, 1.807) is 0 Å². The first kappa shape index (κ1) is 14.7. The highest BCUT2D eigenvalue weighted by atomic mass is 35.5. The van der Waals surface area contributed by atoms with Gasteiger partial charge in [0.25, 0.3) is 0 Å². The van der Waals surface area contributed by atoms with Gasteiger partial charge < -0.3 is 10.2 Å². The van der Waals surface area contributed by atoms with Crippen molar-refractivity contribution in [2.24, 2.45) is 11.8 Å². The van der Waals surface area contributed by atoms with Crippen molar-refractivity contribution >= 4 is 18.4 Å². The number of carbonyl (C=O) groups is 1. The van der Waals surface area contributed by atoms with Gasteiger partial charge in [-0.05, 0) is 25.3 Å². The van der Waals surface area contributed by atoms with E-state index in [9.17, 15) is 4.79 Å². The van der Waals surface area contributed by atoms with Gasteiger partial charge in [0, 0.05) is 13.1 Å². The molecule has 0 aromatic heterocycles. The second-order valence-corrected chi connectivity index (χ2v) is 4.21. The van der Waals surface area contributed by atoms with Crippen molar-refractivity contribution in [3.63, 3.8) is 0 Å². The van der Waals surface area contributed by atoms with Gasteiger partial charge in [-0.25, -0.2) is 0 Å². The maximum atomic E-state index is 11.5. The highest BCUT2D eigenvalue weighted by Crippen LogP contribution is 2.10. The summed E-state index contributed by atoms with van der Waals surface area (Å²) in [5.74, 6) is 0.397. The van der Waals surface area contributed by atoms with Gasteiger partial charge in [-0.2, -0.15) is 5.48 Å². The third-order valence-corrected chi connectivity index (χ3v) is 2.29. The second kappa shape index (κ2) is 7.91. The summed E-state index contributed by atoms with van der Waals surface area (Å²) < 4.78 is 0. The van der Waals surface area contributed by atoms with E-state index in [0.717, 1.165) is 25.9 Å². The van der Waals surface area contributed by atoms with Crippen LogP contribution in [0.5, 0.6) is 0 Å². The van der Waals surface area contributed by atoms with E-state index < -0.39 is 0 Å². The minimum atomic E-state index is -0.127. The molecule has 0 aromatic carbocycles. The summed E-state index contributed by atoms with van der Waals surface area (Å²) in [6.45, 7) is 6.63. The number of hydrogen-bond donors (Lipinski definition) is 2. The Kier molecular flexibility index (Phi) is 7.74. The van der Waals surface area contributed by atoms with Crippen LogP contribution in [0.15, 0.2) is 0 Å². The van der Waals surface area contributed by atoms with Crippen LogP contribution in [0.2, 0.25) is 0 Å². The fourth-order valence-corrected chi connectivity index (χ4v) is 1.42. The quantitative estimate of drug-likeness (QED) is 0.719. The van der Waals surface area contributed by atoms with E-state index in [1.165, 1.54) is 0 Å². The molecule has 0 bridgehead atoms. The van der Waals surface area contributed by atoms with Crippen molar-refractivity contribution in [3.8, 4) is 0 Å². The SMILES string of the molecule is CC(C)CNOC(=O)C1CCCNC1.Cl. The highest BCUT2D eigenvalue weighted by molar-refractivity contribution is 5.85. The zero-order valence-corrected chi connectivity index (χ0v) is 10.2. The molecular formula is C10H21ClN2O2. The van der Waals surface area contributed by atoms with E-state index in [4.69, 9.17) is 4.84 Å². The summed E-state index contributed by atoms with van der Waals surface area (Å²) in [6, 6.07) is 0. The van der Waals surface area contributed by atoms with E-state index in [-0.39, 0.29) is 24.3 Å². The lowest BCUT2D eigenvalue weighted by Crippen LogP contribution is -2.37. The van der Waals surface area contributed by atoms with Gasteiger partial charge in [0.2, 0.25) is 0 Å².